The van der Waals surface area contributed by atoms with Crippen LogP contribution >= 0.6 is 15.9 Å². The molecule has 0 radical (unpaired) electrons. The smallest absolute Gasteiger partial charge is 0.145 e. The Hall–Kier alpha value is -1.40. The molecule has 0 bridgehead atoms. The second-order valence-electron chi connectivity index (χ2n) is 3.87. The molecule has 0 saturated carbocycles. The SMILES string of the molecule is CNCc1cc(Br)ccc1OCc1nonc1C. The van der Waals surface area contributed by atoms with Crippen LogP contribution in [0.2, 0.25) is 0 Å². The highest BCUT2D eigenvalue weighted by molar-refractivity contribution is 9.10. The number of halogens is 1. The molecule has 0 saturated heterocycles. The Labute approximate surface area is 114 Å². The van der Waals surface area contributed by atoms with Crippen LogP contribution in [0.5, 0.6) is 5.75 Å². The summed E-state index contributed by atoms with van der Waals surface area (Å²) in [7, 11) is 1.90. The number of ether oxygens (including phenoxy) is 1. The van der Waals surface area contributed by atoms with Crippen molar-refractivity contribution in [2.24, 2.45) is 0 Å². The van der Waals surface area contributed by atoms with E-state index < -0.39 is 0 Å². The van der Waals surface area contributed by atoms with E-state index in [1.165, 1.54) is 0 Å². The van der Waals surface area contributed by atoms with E-state index in [9.17, 15) is 0 Å². The van der Waals surface area contributed by atoms with Crippen molar-refractivity contribution in [3.63, 3.8) is 0 Å². The summed E-state index contributed by atoms with van der Waals surface area (Å²) >= 11 is 3.45. The summed E-state index contributed by atoms with van der Waals surface area (Å²) in [5.41, 5.74) is 2.55. The van der Waals surface area contributed by atoms with Gasteiger partial charge in [0.25, 0.3) is 0 Å². The van der Waals surface area contributed by atoms with Gasteiger partial charge in [0.2, 0.25) is 0 Å². The predicted molar refractivity (Wildman–Crippen MR) is 70.3 cm³/mol. The minimum atomic E-state index is 0.355. The molecule has 1 heterocycles. The molecule has 18 heavy (non-hydrogen) atoms. The molecule has 0 fully saturated rings. The van der Waals surface area contributed by atoms with Gasteiger partial charge in [0.05, 0.1) is 0 Å². The van der Waals surface area contributed by atoms with Crippen molar-refractivity contribution in [2.75, 3.05) is 7.05 Å². The van der Waals surface area contributed by atoms with Crippen LogP contribution in [-0.4, -0.2) is 17.4 Å². The van der Waals surface area contributed by atoms with E-state index in [0.29, 0.717) is 12.3 Å². The standard InChI is InChI=1S/C12H14BrN3O2/c1-8-11(16-18-15-8)7-17-12-4-3-10(13)5-9(12)6-14-2/h3-5,14H,6-7H2,1-2H3. The lowest BCUT2D eigenvalue weighted by atomic mass is 10.2. The summed E-state index contributed by atoms with van der Waals surface area (Å²) in [6, 6.07) is 5.90. The Morgan fingerprint density at radius 1 is 1.39 bits per heavy atom. The number of hydrogen-bond donors (Lipinski definition) is 1. The first kappa shape index (κ1) is 13.0. The van der Waals surface area contributed by atoms with Gasteiger partial charge in [0, 0.05) is 16.6 Å². The average molecular weight is 312 g/mol. The molecule has 0 spiro atoms. The largest absolute Gasteiger partial charge is 0.487 e. The van der Waals surface area contributed by atoms with E-state index in [1.54, 1.807) is 0 Å². The van der Waals surface area contributed by atoms with Crippen LogP contribution in [0.4, 0.5) is 0 Å². The molecule has 1 aromatic carbocycles. The maximum atomic E-state index is 5.75. The second-order valence-corrected chi connectivity index (χ2v) is 4.78. The van der Waals surface area contributed by atoms with Gasteiger partial charge in [-0.2, -0.15) is 0 Å². The van der Waals surface area contributed by atoms with E-state index >= 15 is 0 Å². The fraction of sp³-hybridized carbons (Fsp3) is 0.333. The number of benzene rings is 1. The lowest BCUT2D eigenvalue weighted by molar-refractivity contribution is 0.268. The molecule has 2 rings (SSSR count). The lowest BCUT2D eigenvalue weighted by Crippen LogP contribution is -2.08. The molecule has 96 valence electrons. The Kier molecular flexibility index (Phi) is 4.33. The Balaban J connectivity index is 2.11. The molecule has 5 nitrogen and oxygen atoms in total. The van der Waals surface area contributed by atoms with E-state index in [4.69, 9.17) is 4.74 Å². The number of rotatable bonds is 5. The molecule has 0 unspecified atom stereocenters. The first-order valence-electron chi connectivity index (χ1n) is 5.54. The summed E-state index contributed by atoms with van der Waals surface area (Å²) in [6.07, 6.45) is 0. The van der Waals surface area contributed by atoms with Crippen LogP contribution < -0.4 is 10.1 Å². The fourth-order valence-electron chi connectivity index (χ4n) is 1.54. The Bertz CT molecular complexity index is 528. The fourth-order valence-corrected chi connectivity index (χ4v) is 1.95. The highest BCUT2D eigenvalue weighted by atomic mass is 79.9. The number of aryl methyl sites for hydroxylation is 1. The minimum Gasteiger partial charge on any atom is -0.487 e. The molecule has 0 aliphatic carbocycles. The molecule has 0 aliphatic rings. The zero-order valence-corrected chi connectivity index (χ0v) is 11.8. The first-order valence-corrected chi connectivity index (χ1v) is 6.34. The third kappa shape index (κ3) is 3.08. The van der Waals surface area contributed by atoms with Gasteiger partial charge >= 0.3 is 0 Å². The van der Waals surface area contributed by atoms with Crippen molar-refractivity contribution in [3.05, 3.63) is 39.6 Å². The van der Waals surface area contributed by atoms with Crippen LogP contribution in [-0.2, 0) is 13.2 Å². The monoisotopic (exact) mass is 311 g/mol. The van der Waals surface area contributed by atoms with Gasteiger partial charge in [-0.3, -0.25) is 0 Å². The van der Waals surface area contributed by atoms with Crippen molar-refractivity contribution in [1.82, 2.24) is 15.6 Å². The summed E-state index contributed by atoms with van der Waals surface area (Å²) in [5, 5.41) is 10.6. The highest BCUT2D eigenvalue weighted by Gasteiger charge is 2.08. The molecule has 2 aromatic rings. The third-order valence-electron chi connectivity index (χ3n) is 2.50. The van der Waals surface area contributed by atoms with Gasteiger partial charge < -0.3 is 10.1 Å². The van der Waals surface area contributed by atoms with Gasteiger partial charge in [-0.15, -0.1) is 0 Å². The van der Waals surface area contributed by atoms with Crippen molar-refractivity contribution in [1.29, 1.82) is 0 Å². The zero-order chi connectivity index (χ0) is 13.0. The van der Waals surface area contributed by atoms with E-state index in [2.05, 4.69) is 36.2 Å². The quantitative estimate of drug-likeness (QED) is 0.919. The summed E-state index contributed by atoms with van der Waals surface area (Å²) in [4.78, 5) is 0. The van der Waals surface area contributed by atoms with Gasteiger partial charge in [0.1, 0.15) is 23.7 Å². The zero-order valence-electron chi connectivity index (χ0n) is 10.2. The van der Waals surface area contributed by atoms with Crippen molar-refractivity contribution >= 4 is 15.9 Å². The molecule has 1 N–H and O–H groups in total. The molecule has 0 atom stereocenters. The molecule has 0 amide bonds. The molecule has 1 aromatic heterocycles. The van der Waals surface area contributed by atoms with E-state index in [1.807, 2.05) is 32.2 Å². The van der Waals surface area contributed by atoms with Crippen LogP contribution in [0.25, 0.3) is 0 Å². The Morgan fingerprint density at radius 2 is 2.22 bits per heavy atom. The molecule has 6 heteroatoms. The minimum absolute atomic E-state index is 0.355. The van der Waals surface area contributed by atoms with Crippen molar-refractivity contribution in [2.45, 2.75) is 20.1 Å². The van der Waals surface area contributed by atoms with Crippen LogP contribution in [0, 0.1) is 6.92 Å². The number of hydrogen-bond acceptors (Lipinski definition) is 5. The van der Waals surface area contributed by atoms with Crippen molar-refractivity contribution in [3.8, 4) is 5.75 Å². The van der Waals surface area contributed by atoms with Gasteiger partial charge in [-0.05, 0) is 32.2 Å². The molecular weight excluding hydrogens is 298 g/mol. The molecule has 0 aliphatic heterocycles. The van der Waals surface area contributed by atoms with Gasteiger partial charge in [-0.25, -0.2) is 4.63 Å². The number of nitrogens with zero attached hydrogens (tertiary/aromatic N) is 2. The van der Waals surface area contributed by atoms with Crippen LogP contribution in [0.1, 0.15) is 17.0 Å². The summed E-state index contributed by atoms with van der Waals surface area (Å²) in [6.45, 7) is 2.93. The predicted octanol–water partition coefficient (Wildman–Crippen LogP) is 2.44. The third-order valence-corrected chi connectivity index (χ3v) is 2.99. The van der Waals surface area contributed by atoms with E-state index in [0.717, 1.165) is 28.0 Å². The van der Waals surface area contributed by atoms with Crippen LogP contribution in [0.3, 0.4) is 0 Å². The normalized spacial score (nSPS) is 10.6. The molecular formula is C12H14BrN3O2. The Morgan fingerprint density at radius 3 is 2.89 bits per heavy atom. The van der Waals surface area contributed by atoms with Crippen molar-refractivity contribution < 1.29 is 9.37 Å². The highest BCUT2D eigenvalue weighted by Crippen LogP contribution is 2.24. The lowest BCUT2D eigenvalue weighted by Gasteiger charge is -2.10. The summed E-state index contributed by atoms with van der Waals surface area (Å²) in [5.74, 6) is 0.829. The maximum Gasteiger partial charge on any atom is 0.145 e. The summed E-state index contributed by atoms with van der Waals surface area (Å²) < 4.78 is 11.4. The maximum absolute atomic E-state index is 5.75. The number of aromatic nitrogens is 2. The van der Waals surface area contributed by atoms with Crippen LogP contribution in [0.15, 0.2) is 27.3 Å². The van der Waals surface area contributed by atoms with E-state index in [-0.39, 0.29) is 0 Å². The average Bonchev–Trinajstić information content (AvgIpc) is 2.74. The van der Waals surface area contributed by atoms with Gasteiger partial charge in [0.15, 0.2) is 0 Å². The topological polar surface area (TPSA) is 60.2 Å². The second kappa shape index (κ2) is 5.97. The van der Waals surface area contributed by atoms with Gasteiger partial charge in [-0.1, -0.05) is 26.2 Å². The first-order chi connectivity index (χ1) is 8.70. The number of nitrogens with one attached hydrogen (secondary N) is 1.